The van der Waals surface area contributed by atoms with E-state index < -0.39 is 0 Å². The van der Waals surface area contributed by atoms with Crippen LogP contribution in [-0.2, 0) is 10.8 Å². The zero-order valence-electron chi connectivity index (χ0n) is 34.7. The minimum atomic E-state index is -0.287. The molecule has 1 aromatic heterocycles. The summed E-state index contributed by atoms with van der Waals surface area (Å²) in [5.41, 5.74) is 19.8. The average Bonchev–Trinajstić information content (AvgIpc) is 3.87. The molecule has 0 fully saturated rings. The van der Waals surface area contributed by atoms with E-state index in [9.17, 15) is 0 Å². The second-order valence-corrected chi connectivity index (χ2v) is 18.3. The molecule has 0 radical (unpaired) electrons. The van der Waals surface area contributed by atoms with E-state index >= 15 is 0 Å². The Morgan fingerprint density at radius 2 is 0.852 bits per heavy atom. The van der Waals surface area contributed by atoms with Crippen molar-refractivity contribution in [3.8, 4) is 55.6 Å². The standard InChI is InChI=1S/C60H42O/c1-59(2)48-29-13-11-26-45(48)53-54-47-27-12-14-30-50(47)61-58(54)55-46-32-31-38(34-49(46)60(3,4)57(55)56(53)59)52-43-24-9-7-22-41(43)51(42-23-8-10-25-44(42)52)37-20-15-19-36(33-37)40-28-16-18-35-17-5-6-21-39(35)40/h5-34H,1-4H3. The zero-order valence-corrected chi connectivity index (χ0v) is 34.7. The fourth-order valence-corrected chi connectivity index (χ4v) is 11.8. The molecule has 0 amide bonds. The number of rotatable bonds is 3. The summed E-state index contributed by atoms with van der Waals surface area (Å²) in [5.74, 6) is 0. The largest absolute Gasteiger partial charge is 0.455 e. The molecule has 0 unspecified atom stereocenters. The Morgan fingerprint density at radius 1 is 0.344 bits per heavy atom. The highest BCUT2D eigenvalue weighted by atomic mass is 16.3. The molecular weight excluding hydrogens is 737 g/mol. The van der Waals surface area contributed by atoms with Gasteiger partial charge in [-0.1, -0.05) is 191 Å². The summed E-state index contributed by atoms with van der Waals surface area (Å²) in [6, 6.07) is 67.5. The van der Waals surface area contributed by atoms with Crippen molar-refractivity contribution in [2.75, 3.05) is 0 Å². The van der Waals surface area contributed by atoms with E-state index in [0.717, 1.165) is 11.2 Å². The Kier molecular flexibility index (Phi) is 6.91. The Hall–Kier alpha value is -7.22. The van der Waals surface area contributed by atoms with E-state index in [1.807, 2.05) is 0 Å². The first-order valence-corrected chi connectivity index (χ1v) is 21.6. The van der Waals surface area contributed by atoms with Crippen molar-refractivity contribution in [2.45, 2.75) is 38.5 Å². The van der Waals surface area contributed by atoms with Crippen LogP contribution >= 0.6 is 0 Å². The quantitative estimate of drug-likeness (QED) is 0.163. The third-order valence-corrected chi connectivity index (χ3v) is 14.4. The van der Waals surface area contributed by atoms with Crippen molar-refractivity contribution >= 4 is 54.3 Å². The van der Waals surface area contributed by atoms with Crippen molar-refractivity contribution in [1.82, 2.24) is 0 Å². The maximum Gasteiger partial charge on any atom is 0.144 e. The smallest absolute Gasteiger partial charge is 0.144 e. The molecule has 1 heterocycles. The summed E-state index contributed by atoms with van der Waals surface area (Å²) < 4.78 is 7.00. The second-order valence-electron chi connectivity index (χ2n) is 18.3. The maximum absolute atomic E-state index is 7.00. The molecule has 0 N–H and O–H groups in total. The molecule has 2 aliphatic rings. The van der Waals surface area contributed by atoms with Crippen LogP contribution < -0.4 is 0 Å². The van der Waals surface area contributed by atoms with E-state index in [0.29, 0.717) is 0 Å². The minimum Gasteiger partial charge on any atom is -0.455 e. The summed E-state index contributed by atoms with van der Waals surface area (Å²) in [7, 11) is 0. The molecule has 1 nitrogen and oxygen atoms in total. The number of furan rings is 1. The molecule has 0 aliphatic heterocycles. The molecule has 11 aromatic rings. The zero-order chi connectivity index (χ0) is 40.8. The van der Waals surface area contributed by atoms with Crippen LogP contribution in [0.5, 0.6) is 0 Å². The normalized spacial score (nSPS) is 14.5. The van der Waals surface area contributed by atoms with E-state index in [-0.39, 0.29) is 10.8 Å². The summed E-state index contributed by atoms with van der Waals surface area (Å²) >= 11 is 0. The predicted molar refractivity (Wildman–Crippen MR) is 258 cm³/mol. The Bertz CT molecular complexity index is 3640. The van der Waals surface area contributed by atoms with Crippen LogP contribution in [0.2, 0.25) is 0 Å². The number of fused-ring (bicyclic) bond motifs is 15. The predicted octanol–water partition coefficient (Wildman–Crippen LogP) is 16.7. The Balaban J connectivity index is 1.06. The molecule has 0 atom stereocenters. The lowest BCUT2D eigenvalue weighted by Gasteiger charge is -2.31. The molecule has 0 spiro atoms. The average molecular weight is 779 g/mol. The van der Waals surface area contributed by atoms with Gasteiger partial charge in [-0.05, 0) is 123 Å². The van der Waals surface area contributed by atoms with Gasteiger partial charge in [-0.3, -0.25) is 0 Å². The maximum atomic E-state index is 7.00. The third-order valence-electron chi connectivity index (χ3n) is 14.4. The molecule has 10 aromatic carbocycles. The van der Waals surface area contributed by atoms with Crippen molar-refractivity contribution in [2.24, 2.45) is 0 Å². The van der Waals surface area contributed by atoms with Gasteiger partial charge in [-0.2, -0.15) is 0 Å². The highest BCUT2D eigenvalue weighted by Crippen LogP contribution is 2.63. The summed E-state index contributed by atoms with van der Waals surface area (Å²) in [6.45, 7) is 9.73. The van der Waals surface area contributed by atoms with E-state index in [1.165, 1.54) is 121 Å². The van der Waals surface area contributed by atoms with Crippen LogP contribution in [0.25, 0.3) is 110 Å². The number of hydrogen-bond acceptors (Lipinski definition) is 1. The minimum absolute atomic E-state index is 0.183. The number of hydrogen-bond donors (Lipinski definition) is 0. The lowest BCUT2D eigenvalue weighted by Crippen LogP contribution is -2.24. The summed E-state index contributed by atoms with van der Waals surface area (Å²) in [6.07, 6.45) is 0. The first kappa shape index (κ1) is 34.6. The van der Waals surface area contributed by atoms with Gasteiger partial charge in [0.15, 0.2) is 0 Å². The Labute approximate surface area is 355 Å². The van der Waals surface area contributed by atoms with Gasteiger partial charge in [0.25, 0.3) is 0 Å². The van der Waals surface area contributed by atoms with Crippen molar-refractivity contribution in [3.63, 3.8) is 0 Å². The SMILES string of the molecule is CC1(C)c2cc(-c3c4ccccc4c(-c4cccc(-c5cccc6ccccc56)c4)c4ccccc34)ccc2-c2c1c1c(c3c2oc2ccccc23)-c2ccccc2C1(C)C. The molecule has 2 aliphatic carbocycles. The van der Waals surface area contributed by atoms with Crippen LogP contribution in [0.3, 0.4) is 0 Å². The topological polar surface area (TPSA) is 13.1 Å². The van der Waals surface area contributed by atoms with Gasteiger partial charge in [0, 0.05) is 27.2 Å². The van der Waals surface area contributed by atoms with Gasteiger partial charge in [-0.15, -0.1) is 0 Å². The van der Waals surface area contributed by atoms with Gasteiger partial charge in [-0.25, -0.2) is 0 Å². The van der Waals surface area contributed by atoms with Gasteiger partial charge in [0.1, 0.15) is 11.2 Å². The highest BCUT2D eigenvalue weighted by Gasteiger charge is 2.48. The molecule has 0 saturated carbocycles. The van der Waals surface area contributed by atoms with Crippen LogP contribution in [0.15, 0.2) is 186 Å². The fourth-order valence-electron chi connectivity index (χ4n) is 11.8. The molecule has 61 heavy (non-hydrogen) atoms. The van der Waals surface area contributed by atoms with E-state index in [1.54, 1.807) is 0 Å². The van der Waals surface area contributed by atoms with Crippen molar-refractivity contribution < 1.29 is 4.42 Å². The lowest BCUT2D eigenvalue weighted by atomic mass is 9.72. The monoisotopic (exact) mass is 778 g/mol. The fraction of sp³-hybridized carbons (Fsp3) is 0.100. The van der Waals surface area contributed by atoms with Crippen LogP contribution in [0, 0.1) is 0 Å². The highest BCUT2D eigenvalue weighted by molar-refractivity contribution is 6.23. The molecule has 0 saturated heterocycles. The van der Waals surface area contributed by atoms with Gasteiger partial charge in [0.2, 0.25) is 0 Å². The lowest BCUT2D eigenvalue weighted by molar-refractivity contribution is 0.600. The van der Waals surface area contributed by atoms with Crippen LogP contribution in [-0.4, -0.2) is 0 Å². The van der Waals surface area contributed by atoms with Crippen LogP contribution in [0.4, 0.5) is 0 Å². The van der Waals surface area contributed by atoms with Gasteiger partial charge in [0.05, 0.1) is 0 Å². The number of para-hydroxylation sites is 1. The van der Waals surface area contributed by atoms with E-state index in [2.05, 4.69) is 210 Å². The Morgan fingerprint density at radius 3 is 1.59 bits per heavy atom. The molecular formula is C60H42O. The van der Waals surface area contributed by atoms with Crippen molar-refractivity contribution in [3.05, 3.63) is 204 Å². The first-order valence-electron chi connectivity index (χ1n) is 21.6. The van der Waals surface area contributed by atoms with Crippen LogP contribution in [0.1, 0.15) is 49.9 Å². The molecule has 288 valence electrons. The van der Waals surface area contributed by atoms with E-state index in [4.69, 9.17) is 4.42 Å². The third kappa shape index (κ3) is 4.56. The second kappa shape index (κ2) is 12.2. The molecule has 1 heteroatoms. The molecule has 13 rings (SSSR count). The van der Waals surface area contributed by atoms with Gasteiger partial charge >= 0.3 is 0 Å². The summed E-state index contributed by atoms with van der Waals surface area (Å²) in [4.78, 5) is 0. The van der Waals surface area contributed by atoms with Gasteiger partial charge < -0.3 is 4.42 Å². The van der Waals surface area contributed by atoms with Crippen molar-refractivity contribution in [1.29, 1.82) is 0 Å². The summed E-state index contributed by atoms with van der Waals surface area (Å²) in [5, 5.41) is 10.00. The number of benzene rings is 10. The first-order chi connectivity index (χ1) is 29.8. The molecule has 0 bridgehead atoms.